The van der Waals surface area contributed by atoms with Crippen LogP contribution in [0.25, 0.3) is 16.7 Å². The third kappa shape index (κ3) is 2.96. The highest BCUT2D eigenvalue weighted by atomic mass is 16.5. The summed E-state index contributed by atoms with van der Waals surface area (Å²) < 4.78 is 26.6. The Kier molecular flexibility index (Phi) is 3.78. The molecule has 1 saturated carbocycles. The summed E-state index contributed by atoms with van der Waals surface area (Å²) in [6.07, 6.45) is 3.17. The van der Waals surface area contributed by atoms with E-state index in [0.717, 1.165) is 6.42 Å². The molecular weight excluding hydrogens is 410 g/mol. The number of aromatic nitrogens is 6. The lowest BCUT2D eigenvalue weighted by Crippen LogP contribution is -2.41. The van der Waals surface area contributed by atoms with Gasteiger partial charge in [-0.1, -0.05) is 5.21 Å². The van der Waals surface area contributed by atoms with E-state index in [4.69, 9.17) is 7.48 Å². The molecule has 0 saturated heterocycles. The fraction of sp³-hybridized carbons (Fsp3) is 0.381. The zero-order valence-electron chi connectivity index (χ0n) is 19.6. The summed E-state index contributed by atoms with van der Waals surface area (Å²) >= 11 is 0. The van der Waals surface area contributed by atoms with Gasteiger partial charge in [0.25, 0.3) is 5.91 Å². The molecule has 1 aliphatic heterocycles. The van der Waals surface area contributed by atoms with Crippen LogP contribution in [0.4, 0.5) is 17.2 Å². The normalized spacial score (nSPS) is 23.2. The summed E-state index contributed by atoms with van der Waals surface area (Å²) in [5.41, 5.74) is 3.51. The van der Waals surface area contributed by atoms with E-state index in [1.54, 1.807) is 37.0 Å². The predicted octanol–water partition coefficient (Wildman–Crippen LogP) is 1.98. The second-order valence-corrected chi connectivity index (χ2v) is 8.07. The van der Waals surface area contributed by atoms with E-state index in [1.165, 1.54) is 10.7 Å². The van der Waals surface area contributed by atoms with Crippen molar-refractivity contribution in [1.82, 2.24) is 34.9 Å². The highest BCUT2D eigenvalue weighted by Gasteiger charge is 2.31. The van der Waals surface area contributed by atoms with Gasteiger partial charge in [-0.25, -0.2) is 14.2 Å². The second-order valence-electron chi connectivity index (χ2n) is 8.07. The number of ether oxygens (including phenoxy) is 1. The van der Waals surface area contributed by atoms with Crippen LogP contribution in [0, 0.1) is 0 Å². The number of anilines is 3. The molecule has 1 fully saturated rings. The lowest BCUT2D eigenvalue weighted by atomic mass is 10.1. The van der Waals surface area contributed by atoms with Gasteiger partial charge in [0, 0.05) is 20.2 Å². The summed E-state index contributed by atoms with van der Waals surface area (Å²) in [7, 11) is 3.52. The minimum atomic E-state index is -2.10. The van der Waals surface area contributed by atoms with E-state index in [0.29, 0.717) is 52.3 Å². The number of nitrogens with one attached hydrogen (secondary N) is 3. The van der Waals surface area contributed by atoms with E-state index in [-0.39, 0.29) is 17.6 Å². The molecule has 11 nitrogen and oxygen atoms in total. The molecule has 32 heavy (non-hydrogen) atoms. The van der Waals surface area contributed by atoms with E-state index >= 15 is 0 Å². The predicted molar refractivity (Wildman–Crippen MR) is 118 cm³/mol. The standard InChI is InChI=1S/C21H23N9O2/c1-22-14-8-18-24-13-6-11(7-15-19(13)26-28-29(15)2)10-32-17-5-3-4-12(17)25-21(31)16-9-23-20(14)30(16)27-18/h6-9,12,17,22H,3-5,10H2,1-2H3,(H,24,27)(H,25,31)/t12-,17-/m1/s1/i10D2. The molecule has 0 spiro atoms. The van der Waals surface area contributed by atoms with E-state index in [9.17, 15) is 4.79 Å². The zero-order valence-corrected chi connectivity index (χ0v) is 17.6. The maximum atomic E-state index is 13.2. The smallest absolute Gasteiger partial charge is 0.271 e. The number of carbonyl (C=O) groups excluding carboxylic acids is 1. The monoisotopic (exact) mass is 435 g/mol. The van der Waals surface area contributed by atoms with Crippen molar-refractivity contribution in [2.24, 2.45) is 7.05 Å². The Morgan fingerprint density at radius 3 is 3.09 bits per heavy atom. The van der Waals surface area contributed by atoms with Crippen LogP contribution in [0.3, 0.4) is 0 Å². The van der Waals surface area contributed by atoms with E-state index < -0.39 is 12.7 Å². The number of benzene rings is 1. The highest BCUT2D eigenvalue weighted by Crippen LogP contribution is 2.30. The number of amides is 1. The van der Waals surface area contributed by atoms with Crippen molar-refractivity contribution < 1.29 is 12.3 Å². The van der Waals surface area contributed by atoms with Crippen LogP contribution in [0.15, 0.2) is 24.4 Å². The summed E-state index contributed by atoms with van der Waals surface area (Å²) in [5.74, 6) is 0.0810. The first-order valence-corrected chi connectivity index (χ1v) is 10.5. The fourth-order valence-corrected chi connectivity index (χ4v) is 4.41. The Balaban J connectivity index is 1.60. The minimum absolute atomic E-state index is 0.277. The fourth-order valence-electron chi connectivity index (χ4n) is 4.41. The van der Waals surface area contributed by atoms with Gasteiger partial charge in [0.15, 0.2) is 17.2 Å². The maximum absolute atomic E-state index is 13.2. The number of hydrogen-bond donors (Lipinski definition) is 3. The zero-order chi connectivity index (χ0) is 23.6. The van der Waals surface area contributed by atoms with Crippen LogP contribution in [0.1, 0.15) is 38.1 Å². The molecule has 4 bridgehead atoms. The molecule has 3 aromatic heterocycles. The lowest BCUT2D eigenvalue weighted by molar-refractivity contribution is 0.0271. The van der Waals surface area contributed by atoms with Crippen molar-refractivity contribution in [3.63, 3.8) is 0 Å². The molecule has 4 aromatic rings. The maximum Gasteiger partial charge on any atom is 0.271 e. The molecule has 4 heterocycles. The first-order chi connectivity index (χ1) is 16.3. The van der Waals surface area contributed by atoms with Gasteiger partial charge < -0.3 is 20.7 Å². The minimum Gasteiger partial charge on any atom is -0.385 e. The van der Waals surface area contributed by atoms with Gasteiger partial charge in [-0.05, 0) is 37.0 Å². The number of carbonyl (C=O) groups is 1. The number of hydrogen-bond acceptors (Lipinski definition) is 8. The third-order valence-corrected chi connectivity index (χ3v) is 6.05. The van der Waals surface area contributed by atoms with Crippen LogP contribution < -0.4 is 16.0 Å². The van der Waals surface area contributed by atoms with Gasteiger partial charge in [-0.2, -0.15) is 0 Å². The van der Waals surface area contributed by atoms with Gasteiger partial charge >= 0.3 is 0 Å². The number of fused-ring (bicyclic) bond motifs is 6. The number of nitrogens with zero attached hydrogens (tertiary/aromatic N) is 6. The lowest BCUT2D eigenvalue weighted by Gasteiger charge is -2.22. The molecule has 1 aromatic carbocycles. The summed E-state index contributed by atoms with van der Waals surface area (Å²) in [5, 5.41) is 22.3. The Morgan fingerprint density at radius 2 is 2.22 bits per heavy atom. The van der Waals surface area contributed by atoms with Gasteiger partial charge in [-0.15, -0.1) is 10.2 Å². The van der Waals surface area contributed by atoms with E-state index in [2.05, 4.69) is 36.3 Å². The van der Waals surface area contributed by atoms with Gasteiger partial charge in [0.1, 0.15) is 5.52 Å². The van der Waals surface area contributed by atoms with Crippen molar-refractivity contribution in [2.45, 2.75) is 38.0 Å². The van der Waals surface area contributed by atoms with Crippen molar-refractivity contribution >= 4 is 39.8 Å². The molecule has 1 aliphatic carbocycles. The SMILES string of the molecule is [2H]C1([2H])O[C@@H]2CCC[C@H]2NC(=O)c2cnc3c(NC)cc(nn23)Nc2cc1cc1c2nnn1C. The second kappa shape index (κ2) is 7.16. The first-order valence-electron chi connectivity index (χ1n) is 11.5. The van der Waals surface area contributed by atoms with Crippen molar-refractivity contribution in [2.75, 3.05) is 17.7 Å². The average Bonchev–Trinajstić information content (AvgIpc) is 3.52. The summed E-state index contributed by atoms with van der Waals surface area (Å²) in [6, 6.07) is 4.80. The summed E-state index contributed by atoms with van der Waals surface area (Å²) in [4.78, 5) is 17.6. The molecule has 0 radical (unpaired) electrons. The first kappa shape index (κ1) is 16.9. The van der Waals surface area contributed by atoms with Crippen LogP contribution in [-0.2, 0) is 18.3 Å². The molecule has 0 unspecified atom stereocenters. The van der Waals surface area contributed by atoms with Gasteiger partial charge in [-0.3, -0.25) is 4.79 Å². The van der Waals surface area contributed by atoms with Crippen molar-refractivity contribution in [3.05, 3.63) is 35.7 Å². The number of aryl methyl sites for hydroxylation is 1. The average molecular weight is 435 g/mol. The molecule has 1 amide bonds. The van der Waals surface area contributed by atoms with Crippen molar-refractivity contribution in [1.29, 1.82) is 0 Å². The Hall–Kier alpha value is -3.73. The van der Waals surface area contributed by atoms with Gasteiger partial charge in [0.05, 0.1) is 44.5 Å². The topological polar surface area (TPSA) is 123 Å². The van der Waals surface area contributed by atoms with Crippen LogP contribution in [0.5, 0.6) is 0 Å². The molecule has 3 N–H and O–H groups in total. The Labute approximate surface area is 185 Å². The quantitative estimate of drug-likeness (QED) is 0.415. The number of imidazole rings is 1. The van der Waals surface area contributed by atoms with Crippen LogP contribution in [-0.4, -0.2) is 54.7 Å². The Morgan fingerprint density at radius 1 is 1.31 bits per heavy atom. The molecule has 2 aliphatic rings. The summed E-state index contributed by atoms with van der Waals surface area (Å²) in [6.45, 7) is -2.10. The number of rotatable bonds is 1. The third-order valence-electron chi connectivity index (χ3n) is 6.05. The molecule has 11 heteroatoms. The van der Waals surface area contributed by atoms with Crippen molar-refractivity contribution in [3.8, 4) is 0 Å². The molecule has 2 atom stereocenters. The van der Waals surface area contributed by atoms with Gasteiger partial charge in [0.2, 0.25) is 0 Å². The highest BCUT2D eigenvalue weighted by molar-refractivity contribution is 5.94. The molecule has 164 valence electrons. The van der Waals surface area contributed by atoms with E-state index in [1.807, 2.05) is 0 Å². The van der Waals surface area contributed by atoms with Crippen LogP contribution in [0.2, 0.25) is 0 Å². The largest absolute Gasteiger partial charge is 0.385 e. The Bertz CT molecular complexity index is 1450. The molecule has 6 rings (SSSR count). The van der Waals surface area contributed by atoms with Crippen LogP contribution >= 0.6 is 0 Å². The molecular formula is C21H23N9O2.